The Morgan fingerprint density at radius 3 is 2.42 bits per heavy atom. The number of ether oxygens (including phenoxy) is 1. The van der Waals surface area contributed by atoms with Gasteiger partial charge in [0.1, 0.15) is 5.75 Å². The molecule has 1 aromatic carbocycles. The van der Waals surface area contributed by atoms with Crippen LogP contribution in [0.5, 0.6) is 5.75 Å². The molecule has 4 rings (SSSR count). The van der Waals surface area contributed by atoms with Crippen LogP contribution >= 0.6 is 0 Å². The Bertz CT molecular complexity index is 891. The third-order valence-corrected chi connectivity index (χ3v) is 6.66. The van der Waals surface area contributed by atoms with Gasteiger partial charge in [-0.1, -0.05) is 31.4 Å². The van der Waals surface area contributed by atoms with Crippen LogP contribution in [0.2, 0.25) is 0 Å². The molecule has 1 aromatic heterocycles. The average molecular weight is 423 g/mol. The van der Waals surface area contributed by atoms with Crippen LogP contribution in [0.4, 0.5) is 5.95 Å². The number of hydrogen-bond donors (Lipinski definition) is 0. The van der Waals surface area contributed by atoms with Gasteiger partial charge in [0.25, 0.3) is 0 Å². The van der Waals surface area contributed by atoms with Crippen molar-refractivity contribution in [3.8, 4) is 16.9 Å². The molecule has 0 radical (unpaired) electrons. The number of piperidine rings is 1. The first-order chi connectivity index (χ1) is 15.1. The minimum Gasteiger partial charge on any atom is -0.497 e. The summed E-state index contributed by atoms with van der Waals surface area (Å²) in [4.78, 5) is 27.2. The lowest BCUT2D eigenvalue weighted by molar-refractivity contribution is -0.140. The van der Waals surface area contributed by atoms with E-state index in [1.54, 1.807) is 7.11 Å². The topological polar surface area (TPSA) is 58.6 Å². The number of likely N-dealkylation sites (tertiary alicyclic amines) is 1. The summed E-state index contributed by atoms with van der Waals surface area (Å²) in [7, 11) is 5.59. The maximum atomic E-state index is 13.5. The highest BCUT2D eigenvalue weighted by Gasteiger charge is 2.35. The molecule has 31 heavy (non-hydrogen) atoms. The lowest BCUT2D eigenvalue weighted by Gasteiger charge is -2.39. The molecule has 1 saturated heterocycles. The maximum absolute atomic E-state index is 13.5. The van der Waals surface area contributed by atoms with E-state index in [1.807, 2.05) is 49.5 Å². The fraction of sp³-hybridized carbons (Fsp3) is 0.560. The van der Waals surface area contributed by atoms with E-state index in [-0.39, 0.29) is 12.0 Å². The molecule has 2 fully saturated rings. The first-order valence-corrected chi connectivity index (χ1v) is 11.6. The highest BCUT2D eigenvalue weighted by atomic mass is 16.5. The number of anilines is 1. The Hall–Kier alpha value is -2.63. The molecule has 1 aliphatic carbocycles. The molecule has 2 aliphatic rings. The fourth-order valence-electron chi connectivity index (χ4n) is 4.91. The number of aromatic nitrogens is 2. The largest absolute Gasteiger partial charge is 0.497 e. The molecular weight excluding hydrogens is 388 g/mol. The van der Waals surface area contributed by atoms with Crippen LogP contribution in [-0.2, 0) is 4.79 Å². The van der Waals surface area contributed by atoms with E-state index in [9.17, 15) is 4.79 Å². The summed E-state index contributed by atoms with van der Waals surface area (Å²) in [6.07, 6.45) is 10.7. The molecule has 0 bridgehead atoms. The fourth-order valence-corrected chi connectivity index (χ4v) is 4.91. The highest BCUT2D eigenvalue weighted by Crippen LogP contribution is 2.38. The number of methoxy groups -OCH3 is 1. The van der Waals surface area contributed by atoms with E-state index in [2.05, 4.69) is 9.88 Å². The second kappa shape index (κ2) is 9.67. The third-order valence-electron chi connectivity index (χ3n) is 6.66. The highest BCUT2D eigenvalue weighted by molar-refractivity contribution is 5.80. The van der Waals surface area contributed by atoms with Gasteiger partial charge in [-0.25, -0.2) is 9.97 Å². The van der Waals surface area contributed by atoms with Gasteiger partial charge in [-0.05, 0) is 49.8 Å². The van der Waals surface area contributed by atoms with Gasteiger partial charge in [-0.2, -0.15) is 0 Å². The summed E-state index contributed by atoms with van der Waals surface area (Å²) in [5.74, 6) is 2.01. The molecule has 1 atom stereocenters. The molecule has 0 spiro atoms. The van der Waals surface area contributed by atoms with E-state index in [0.29, 0.717) is 11.9 Å². The van der Waals surface area contributed by atoms with E-state index >= 15 is 0 Å². The monoisotopic (exact) mass is 422 g/mol. The summed E-state index contributed by atoms with van der Waals surface area (Å²) < 4.78 is 5.33. The summed E-state index contributed by atoms with van der Waals surface area (Å²) in [6.45, 7) is 0.823. The van der Waals surface area contributed by atoms with E-state index in [4.69, 9.17) is 9.72 Å². The second-order valence-electron chi connectivity index (χ2n) is 8.97. The van der Waals surface area contributed by atoms with Crippen molar-refractivity contribution in [3.05, 3.63) is 36.2 Å². The van der Waals surface area contributed by atoms with Crippen LogP contribution in [0.1, 0.15) is 63.1 Å². The van der Waals surface area contributed by atoms with Gasteiger partial charge in [0.05, 0.1) is 18.8 Å². The minimum atomic E-state index is 0.00183. The number of carbonyl (C=O) groups is 1. The summed E-state index contributed by atoms with van der Waals surface area (Å²) >= 11 is 0. The smallest absolute Gasteiger partial charge is 0.226 e. The summed E-state index contributed by atoms with van der Waals surface area (Å²) in [6, 6.07) is 8.02. The Kier molecular flexibility index (Phi) is 6.73. The van der Waals surface area contributed by atoms with Crippen LogP contribution in [0.25, 0.3) is 11.1 Å². The normalized spacial score (nSPS) is 19.8. The van der Waals surface area contributed by atoms with Crippen molar-refractivity contribution in [1.82, 2.24) is 14.9 Å². The minimum absolute atomic E-state index is 0.00183. The van der Waals surface area contributed by atoms with Gasteiger partial charge < -0.3 is 14.5 Å². The Balaban J connectivity index is 1.73. The first kappa shape index (κ1) is 21.6. The van der Waals surface area contributed by atoms with E-state index in [1.165, 1.54) is 19.3 Å². The Morgan fingerprint density at radius 2 is 1.74 bits per heavy atom. The van der Waals surface area contributed by atoms with Crippen molar-refractivity contribution in [2.45, 2.75) is 57.4 Å². The quantitative estimate of drug-likeness (QED) is 0.689. The van der Waals surface area contributed by atoms with Gasteiger partial charge in [0.15, 0.2) is 0 Å². The summed E-state index contributed by atoms with van der Waals surface area (Å²) in [5.41, 5.74) is 3.02. The third kappa shape index (κ3) is 4.68. The van der Waals surface area contributed by atoms with Crippen LogP contribution in [0, 0.1) is 5.92 Å². The van der Waals surface area contributed by atoms with Crippen molar-refractivity contribution < 1.29 is 9.53 Å². The number of rotatable bonds is 5. The Morgan fingerprint density at radius 1 is 1.03 bits per heavy atom. The van der Waals surface area contributed by atoms with Crippen molar-refractivity contribution in [2.24, 2.45) is 5.92 Å². The van der Waals surface area contributed by atoms with Crippen molar-refractivity contribution in [1.29, 1.82) is 0 Å². The first-order valence-electron chi connectivity index (χ1n) is 11.6. The lowest BCUT2D eigenvalue weighted by atomic mass is 9.86. The van der Waals surface area contributed by atoms with Crippen LogP contribution < -0.4 is 9.64 Å². The molecule has 1 amide bonds. The Labute approximate surface area is 185 Å². The molecule has 1 aliphatic heterocycles. The lowest BCUT2D eigenvalue weighted by Crippen LogP contribution is -2.43. The van der Waals surface area contributed by atoms with Crippen molar-refractivity contribution >= 4 is 11.9 Å². The number of amides is 1. The van der Waals surface area contributed by atoms with Crippen LogP contribution in [0.3, 0.4) is 0 Å². The molecular formula is C25H34N4O2. The maximum Gasteiger partial charge on any atom is 0.226 e. The predicted octanol–water partition coefficient (Wildman–Crippen LogP) is 4.85. The molecule has 2 heterocycles. The average Bonchev–Trinajstić information content (AvgIpc) is 2.84. The standard InChI is InChI=1S/C25H34N4O2/c1-28(2)25-26-17-21(18-12-14-20(31-3)15-13-18)23(27-25)22-11-7-8-16-29(22)24(30)19-9-5-4-6-10-19/h12-15,17,19,22H,4-11,16H2,1-3H3/t22-/m0/s1. The SMILES string of the molecule is COc1ccc(-c2cnc(N(C)C)nc2[C@@H]2CCCCN2C(=O)C2CCCCC2)cc1. The number of carbonyl (C=O) groups excluding carboxylic acids is 1. The van der Waals surface area contributed by atoms with Gasteiger partial charge in [0, 0.05) is 38.3 Å². The molecule has 0 unspecified atom stereocenters. The summed E-state index contributed by atoms with van der Waals surface area (Å²) in [5, 5.41) is 0. The molecule has 2 aromatic rings. The molecule has 6 nitrogen and oxygen atoms in total. The number of nitrogens with zero attached hydrogens (tertiary/aromatic N) is 4. The van der Waals surface area contributed by atoms with E-state index < -0.39 is 0 Å². The van der Waals surface area contributed by atoms with Crippen molar-refractivity contribution in [3.63, 3.8) is 0 Å². The van der Waals surface area contributed by atoms with Crippen LogP contribution in [-0.4, -0.2) is 48.5 Å². The molecule has 1 saturated carbocycles. The zero-order valence-corrected chi connectivity index (χ0v) is 19.0. The second-order valence-corrected chi connectivity index (χ2v) is 8.97. The molecule has 0 N–H and O–H groups in total. The number of benzene rings is 1. The molecule has 166 valence electrons. The van der Waals surface area contributed by atoms with Gasteiger partial charge >= 0.3 is 0 Å². The van der Waals surface area contributed by atoms with Gasteiger partial charge in [0.2, 0.25) is 11.9 Å². The van der Waals surface area contributed by atoms with Crippen molar-refractivity contribution in [2.75, 3.05) is 32.6 Å². The predicted molar refractivity (Wildman–Crippen MR) is 123 cm³/mol. The molecule has 6 heteroatoms. The zero-order chi connectivity index (χ0) is 21.8. The van der Waals surface area contributed by atoms with Crippen LogP contribution in [0.15, 0.2) is 30.5 Å². The zero-order valence-electron chi connectivity index (χ0n) is 19.0. The van der Waals surface area contributed by atoms with Gasteiger partial charge in [-0.15, -0.1) is 0 Å². The van der Waals surface area contributed by atoms with E-state index in [0.717, 1.165) is 61.2 Å². The number of hydrogen-bond acceptors (Lipinski definition) is 5. The van der Waals surface area contributed by atoms with Gasteiger partial charge in [-0.3, -0.25) is 4.79 Å².